The van der Waals surface area contributed by atoms with E-state index in [0.717, 1.165) is 11.0 Å². The third-order valence-corrected chi connectivity index (χ3v) is 2.49. The Morgan fingerprint density at radius 1 is 1.62 bits per heavy atom. The van der Waals surface area contributed by atoms with E-state index in [-0.39, 0.29) is 6.42 Å². The number of aryl methyl sites for hydroxylation is 1. The van der Waals surface area contributed by atoms with Crippen LogP contribution in [0.3, 0.4) is 0 Å². The largest absolute Gasteiger partial charge is 0.481 e. The zero-order valence-electron chi connectivity index (χ0n) is 8.79. The standard InChI is InChI=1S/C11H12N2O3/c1-13-6-8(9(14)5-10(15)16)7-3-2-4-12-11(7)13/h2-4,6,9,14H,5H2,1H3,(H,15,16)/t9-/m0/s1. The Morgan fingerprint density at radius 2 is 2.38 bits per heavy atom. The van der Waals surface area contributed by atoms with Gasteiger partial charge in [0.15, 0.2) is 0 Å². The molecule has 0 aromatic carbocycles. The maximum atomic E-state index is 10.5. The molecule has 2 heterocycles. The van der Waals surface area contributed by atoms with E-state index in [1.165, 1.54) is 0 Å². The Kier molecular flexibility index (Phi) is 2.62. The van der Waals surface area contributed by atoms with Crippen LogP contribution in [0.25, 0.3) is 11.0 Å². The lowest BCUT2D eigenvalue weighted by atomic mass is 10.1. The molecule has 2 N–H and O–H groups in total. The molecular formula is C11H12N2O3. The fraction of sp³-hybridized carbons (Fsp3) is 0.273. The lowest BCUT2D eigenvalue weighted by molar-refractivity contribution is -0.139. The zero-order chi connectivity index (χ0) is 11.7. The van der Waals surface area contributed by atoms with Crippen LogP contribution in [0.5, 0.6) is 0 Å². The van der Waals surface area contributed by atoms with Crippen molar-refractivity contribution in [3.63, 3.8) is 0 Å². The average molecular weight is 220 g/mol. The molecule has 2 aromatic rings. The summed E-state index contributed by atoms with van der Waals surface area (Å²) in [7, 11) is 1.81. The summed E-state index contributed by atoms with van der Waals surface area (Å²) in [6.07, 6.45) is 2.08. The summed E-state index contributed by atoms with van der Waals surface area (Å²) in [4.78, 5) is 14.7. The molecule has 0 radical (unpaired) electrons. The maximum absolute atomic E-state index is 10.5. The quantitative estimate of drug-likeness (QED) is 0.811. The molecule has 2 rings (SSSR count). The number of hydrogen-bond donors (Lipinski definition) is 2. The monoisotopic (exact) mass is 220 g/mol. The molecule has 0 saturated heterocycles. The summed E-state index contributed by atoms with van der Waals surface area (Å²) >= 11 is 0. The molecule has 0 fully saturated rings. The van der Waals surface area contributed by atoms with Gasteiger partial charge in [-0.3, -0.25) is 4.79 Å². The molecule has 1 atom stereocenters. The summed E-state index contributed by atoms with van der Waals surface area (Å²) in [6, 6.07) is 3.59. The van der Waals surface area contributed by atoms with Gasteiger partial charge in [0.25, 0.3) is 0 Å². The third kappa shape index (κ3) is 1.77. The number of carbonyl (C=O) groups is 1. The summed E-state index contributed by atoms with van der Waals surface area (Å²) in [6.45, 7) is 0. The molecule has 5 heteroatoms. The Bertz CT molecular complexity index is 533. The van der Waals surface area contributed by atoms with Crippen LogP contribution in [0.15, 0.2) is 24.5 Å². The van der Waals surface area contributed by atoms with E-state index < -0.39 is 12.1 Å². The van der Waals surface area contributed by atoms with E-state index in [4.69, 9.17) is 5.11 Å². The highest BCUT2D eigenvalue weighted by Crippen LogP contribution is 2.26. The maximum Gasteiger partial charge on any atom is 0.306 e. The summed E-state index contributed by atoms with van der Waals surface area (Å²) in [5.41, 5.74) is 1.34. The number of fused-ring (bicyclic) bond motifs is 1. The highest BCUT2D eigenvalue weighted by Gasteiger charge is 2.17. The Labute approximate surface area is 92.0 Å². The summed E-state index contributed by atoms with van der Waals surface area (Å²) < 4.78 is 1.77. The van der Waals surface area contributed by atoms with Gasteiger partial charge in [-0.25, -0.2) is 4.98 Å². The first-order valence-corrected chi connectivity index (χ1v) is 4.89. The highest BCUT2D eigenvalue weighted by atomic mass is 16.4. The zero-order valence-corrected chi connectivity index (χ0v) is 8.79. The van der Waals surface area contributed by atoms with Crippen LogP contribution in [0.4, 0.5) is 0 Å². The van der Waals surface area contributed by atoms with Crippen molar-refractivity contribution in [1.82, 2.24) is 9.55 Å². The molecule has 16 heavy (non-hydrogen) atoms. The van der Waals surface area contributed by atoms with E-state index in [1.807, 2.05) is 13.1 Å². The Balaban J connectivity index is 2.48. The Morgan fingerprint density at radius 3 is 3.06 bits per heavy atom. The van der Waals surface area contributed by atoms with Crippen LogP contribution in [0.1, 0.15) is 18.1 Å². The number of hydrogen-bond acceptors (Lipinski definition) is 3. The lowest BCUT2D eigenvalue weighted by Gasteiger charge is -2.05. The van der Waals surface area contributed by atoms with E-state index >= 15 is 0 Å². The van der Waals surface area contributed by atoms with Gasteiger partial charge >= 0.3 is 5.97 Å². The predicted molar refractivity (Wildman–Crippen MR) is 57.9 cm³/mol. The number of aromatic nitrogens is 2. The smallest absolute Gasteiger partial charge is 0.306 e. The number of rotatable bonds is 3. The van der Waals surface area contributed by atoms with Gasteiger partial charge in [0.05, 0.1) is 12.5 Å². The number of aliphatic carboxylic acids is 1. The molecule has 5 nitrogen and oxygen atoms in total. The van der Waals surface area contributed by atoms with E-state index in [0.29, 0.717) is 5.56 Å². The molecule has 0 aliphatic rings. The normalized spacial score (nSPS) is 12.9. The fourth-order valence-electron chi connectivity index (χ4n) is 1.78. The number of nitrogens with zero attached hydrogens (tertiary/aromatic N) is 2. The van der Waals surface area contributed by atoms with Crippen molar-refractivity contribution in [3.8, 4) is 0 Å². The number of carboxylic acid groups (broad SMARTS) is 1. The third-order valence-electron chi connectivity index (χ3n) is 2.49. The number of aliphatic hydroxyl groups excluding tert-OH is 1. The molecule has 0 aliphatic heterocycles. The molecule has 0 amide bonds. The van der Waals surface area contributed by atoms with Crippen molar-refractivity contribution in [2.45, 2.75) is 12.5 Å². The second-order valence-corrected chi connectivity index (χ2v) is 3.68. The summed E-state index contributed by atoms with van der Waals surface area (Å²) in [5.74, 6) is -1.02. The van der Waals surface area contributed by atoms with Crippen LogP contribution in [-0.2, 0) is 11.8 Å². The second kappa shape index (κ2) is 3.94. The van der Waals surface area contributed by atoms with Crippen LogP contribution >= 0.6 is 0 Å². The molecule has 0 aliphatic carbocycles. The van der Waals surface area contributed by atoms with Crippen molar-refractivity contribution >= 4 is 17.0 Å². The topological polar surface area (TPSA) is 75.4 Å². The minimum atomic E-state index is -1.02. The van der Waals surface area contributed by atoms with Crippen molar-refractivity contribution in [2.75, 3.05) is 0 Å². The molecule has 2 aromatic heterocycles. The second-order valence-electron chi connectivity index (χ2n) is 3.68. The van der Waals surface area contributed by atoms with Gasteiger partial charge in [0, 0.05) is 30.4 Å². The van der Waals surface area contributed by atoms with Gasteiger partial charge in [-0.1, -0.05) is 0 Å². The van der Waals surface area contributed by atoms with E-state index in [2.05, 4.69) is 4.98 Å². The molecule has 0 spiro atoms. The summed E-state index contributed by atoms with van der Waals surface area (Å²) in [5, 5.41) is 19.2. The van der Waals surface area contributed by atoms with Crippen LogP contribution in [0, 0.1) is 0 Å². The molecule has 84 valence electrons. The van der Waals surface area contributed by atoms with Crippen molar-refractivity contribution < 1.29 is 15.0 Å². The first-order valence-electron chi connectivity index (χ1n) is 4.89. The van der Waals surface area contributed by atoms with E-state index in [9.17, 15) is 9.90 Å². The number of carboxylic acids is 1. The van der Waals surface area contributed by atoms with Gasteiger partial charge in [0.2, 0.25) is 0 Å². The van der Waals surface area contributed by atoms with Gasteiger partial charge in [-0.05, 0) is 12.1 Å². The first-order chi connectivity index (χ1) is 7.59. The fourth-order valence-corrected chi connectivity index (χ4v) is 1.78. The number of pyridine rings is 1. The average Bonchev–Trinajstić information content (AvgIpc) is 2.56. The van der Waals surface area contributed by atoms with Crippen LogP contribution in [-0.4, -0.2) is 25.7 Å². The van der Waals surface area contributed by atoms with Gasteiger partial charge < -0.3 is 14.8 Å². The van der Waals surface area contributed by atoms with Crippen molar-refractivity contribution in [3.05, 3.63) is 30.1 Å². The minimum Gasteiger partial charge on any atom is -0.481 e. The van der Waals surface area contributed by atoms with Crippen LogP contribution in [0.2, 0.25) is 0 Å². The molecular weight excluding hydrogens is 208 g/mol. The van der Waals surface area contributed by atoms with Crippen molar-refractivity contribution in [2.24, 2.45) is 7.05 Å². The molecule has 0 bridgehead atoms. The van der Waals surface area contributed by atoms with Gasteiger partial charge in [-0.15, -0.1) is 0 Å². The van der Waals surface area contributed by atoms with Crippen LogP contribution < -0.4 is 0 Å². The van der Waals surface area contributed by atoms with Crippen molar-refractivity contribution in [1.29, 1.82) is 0 Å². The Hall–Kier alpha value is -1.88. The van der Waals surface area contributed by atoms with E-state index in [1.54, 1.807) is 23.0 Å². The SMILES string of the molecule is Cn1cc([C@@H](O)CC(=O)O)c2cccnc21. The molecule has 0 saturated carbocycles. The van der Waals surface area contributed by atoms with Gasteiger partial charge in [-0.2, -0.15) is 0 Å². The lowest BCUT2D eigenvalue weighted by Crippen LogP contribution is -2.04. The first kappa shape index (κ1) is 10.6. The number of aliphatic hydroxyl groups is 1. The highest BCUT2D eigenvalue weighted by molar-refractivity contribution is 5.81. The minimum absolute atomic E-state index is 0.298. The van der Waals surface area contributed by atoms with Gasteiger partial charge in [0.1, 0.15) is 5.65 Å². The predicted octanol–water partition coefficient (Wildman–Crippen LogP) is 1.08. The molecule has 0 unspecified atom stereocenters.